The molecule has 0 aromatic carbocycles. The van der Waals surface area contributed by atoms with E-state index in [0.29, 0.717) is 0 Å². The van der Waals surface area contributed by atoms with Crippen LogP contribution in [0.5, 0.6) is 0 Å². The molecule has 6 heteroatoms. The van der Waals surface area contributed by atoms with Gasteiger partial charge in [-0.3, -0.25) is 4.79 Å². The summed E-state index contributed by atoms with van der Waals surface area (Å²) in [6, 6.07) is 1.07. The van der Waals surface area contributed by atoms with Gasteiger partial charge in [-0.15, -0.1) is 0 Å². The molecule has 0 saturated carbocycles. The molecule has 0 atom stereocenters. The van der Waals surface area contributed by atoms with Crippen LogP contribution in [0.4, 0.5) is 14.6 Å². The molecule has 13 heavy (non-hydrogen) atoms. The van der Waals surface area contributed by atoms with E-state index in [1.54, 1.807) is 0 Å². The molecule has 2 N–H and O–H groups in total. The molecule has 1 aromatic heterocycles. The van der Waals surface area contributed by atoms with E-state index < -0.39 is 12.2 Å². The number of alkyl halides is 2. The van der Waals surface area contributed by atoms with Crippen LogP contribution >= 0.6 is 11.6 Å². The van der Waals surface area contributed by atoms with Crippen molar-refractivity contribution in [1.29, 1.82) is 0 Å². The van der Waals surface area contributed by atoms with Gasteiger partial charge in [0.2, 0.25) is 5.78 Å². The minimum Gasteiger partial charge on any atom is -0.383 e. The molecule has 1 heterocycles. The van der Waals surface area contributed by atoms with Gasteiger partial charge >= 0.3 is 6.43 Å². The molecule has 70 valence electrons. The number of halogens is 3. The number of nitrogens with two attached hydrogens (primary N) is 1. The lowest BCUT2D eigenvalue weighted by Gasteiger charge is -2.02. The van der Waals surface area contributed by atoms with Crippen LogP contribution in [-0.4, -0.2) is 17.2 Å². The normalized spacial score (nSPS) is 10.5. The van der Waals surface area contributed by atoms with Crippen molar-refractivity contribution < 1.29 is 13.6 Å². The molecular formula is C7H5ClF2N2O. The molecule has 0 aliphatic carbocycles. The third-order valence-electron chi connectivity index (χ3n) is 1.35. The Balaban J connectivity index is 3.13. The van der Waals surface area contributed by atoms with Crippen molar-refractivity contribution in [1.82, 2.24) is 4.98 Å². The highest BCUT2D eigenvalue weighted by atomic mass is 35.5. The predicted molar refractivity (Wildman–Crippen MR) is 44.0 cm³/mol. The second-order valence-electron chi connectivity index (χ2n) is 2.25. The molecule has 0 radical (unpaired) electrons. The number of hydrogen-bond acceptors (Lipinski definition) is 3. The van der Waals surface area contributed by atoms with Crippen LogP contribution in [0.2, 0.25) is 5.02 Å². The molecule has 0 spiro atoms. The van der Waals surface area contributed by atoms with E-state index in [4.69, 9.17) is 17.3 Å². The maximum Gasteiger partial charge on any atom is 0.300 e. The third kappa shape index (κ3) is 2.12. The van der Waals surface area contributed by atoms with Crippen molar-refractivity contribution in [3.8, 4) is 0 Å². The molecule has 0 bridgehead atoms. The molecule has 0 fully saturated rings. The highest BCUT2D eigenvalue weighted by Gasteiger charge is 2.20. The van der Waals surface area contributed by atoms with E-state index in [1.807, 2.05) is 0 Å². The fraction of sp³-hybridized carbons (Fsp3) is 0.143. The smallest absolute Gasteiger partial charge is 0.300 e. The van der Waals surface area contributed by atoms with Gasteiger partial charge in [0.05, 0.1) is 10.6 Å². The van der Waals surface area contributed by atoms with Crippen molar-refractivity contribution in [3.63, 3.8) is 0 Å². The Bertz CT molecular complexity index is 343. The van der Waals surface area contributed by atoms with Crippen LogP contribution in [0, 0.1) is 0 Å². The summed E-state index contributed by atoms with van der Waals surface area (Å²) < 4.78 is 23.9. The monoisotopic (exact) mass is 206 g/mol. The van der Waals surface area contributed by atoms with Gasteiger partial charge in [-0.25, -0.2) is 13.8 Å². The summed E-state index contributed by atoms with van der Waals surface area (Å²) in [5.41, 5.74) is 4.86. The van der Waals surface area contributed by atoms with Crippen molar-refractivity contribution in [2.24, 2.45) is 0 Å². The minimum absolute atomic E-state index is 0.0956. The number of rotatable bonds is 2. The molecule has 0 unspecified atom stereocenters. The summed E-state index contributed by atoms with van der Waals surface area (Å²) in [7, 11) is 0. The summed E-state index contributed by atoms with van der Waals surface area (Å²) in [5, 5.41) is 0.0956. The molecule has 3 nitrogen and oxygen atoms in total. The van der Waals surface area contributed by atoms with Crippen LogP contribution in [-0.2, 0) is 0 Å². The van der Waals surface area contributed by atoms with Crippen LogP contribution < -0.4 is 5.73 Å². The van der Waals surface area contributed by atoms with Gasteiger partial charge in [0.25, 0.3) is 0 Å². The van der Waals surface area contributed by atoms with E-state index >= 15 is 0 Å². The Kier molecular flexibility index (Phi) is 2.77. The number of anilines is 1. The Hall–Kier alpha value is -1.23. The molecule has 1 rings (SSSR count). The number of carbonyl (C=O) groups excluding carboxylic acids is 1. The summed E-state index contributed by atoms with van der Waals surface area (Å²) >= 11 is 5.45. The number of nitrogens with zero attached hydrogens (tertiary/aromatic N) is 1. The van der Waals surface area contributed by atoms with E-state index in [1.165, 1.54) is 6.20 Å². The zero-order chi connectivity index (χ0) is 10.0. The SMILES string of the molecule is Nc1ncc(Cl)cc1C(=O)C(F)F. The Morgan fingerprint density at radius 2 is 2.23 bits per heavy atom. The maximum absolute atomic E-state index is 11.9. The Morgan fingerprint density at radius 1 is 1.62 bits per heavy atom. The van der Waals surface area contributed by atoms with Crippen molar-refractivity contribution in [3.05, 3.63) is 22.8 Å². The number of hydrogen-bond donors (Lipinski definition) is 1. The van der Waals surface area contributed by atoms with Gasteiger partial charge < -0.3 is 5.73 Å². The quantitative estimate of drug-likeness (QED) is 0.751. The second kappa shape index (κ2) is 3.66. The summed E-state index contributed by atoms with van der Waals surface area (Å²) in [6.07, 6.45) is -1.92. The highest BCUT2D eigenvalue weighted by molar-refractivity contribution is 6.31. The fourth-order valence-electron chi connectivity index (χ4n) is 0.765. The zero-order valence-electron chi connectivity index (χ0n) is 6.30. The first-order valence-electron chi connectivity index (χ1n) is 3.25. The standard InChI is InChI=1S/C7H5ClF2N2O/c8-3-1-4(5(13)6(9)10)7(11)12-2-3/h1-2,6H,(H2,11,12). The molecule has 0 aliphatic rings. The van der Waals surface area contributed by atoms with E-state index in [0.717, 1.165) is 6.07 Å². The number of nitrogen functional groups attached to an aromatic ring is 1. The fourth-order valence-corrected chi connectivity index (χ4v) is 0.923. The molecule has 1 aromatic rings. The van der Waals surface area contributed by atoms with E-state index in [9.17, 15) is 13.6 Å². The number of Topliss-reactive ketones (excluding diaryl/α,β-unsaturated/α-hetero) is 1. The maximum atomic E-state index is 11.9. The van der Waals surface area contributed by atoms with Crippen molar-refractivity contribution in [2.75, 3.05) is 5.73 Å². The van der Waals surface area contributed by atoms with E-state index in [2.05, 4.69) is 4.98 Å². The lowest BCUT2D eigenvalue weighted by Crippen LogP contribution is -2.13. The van der Waals surface area contributed by atoms with Crippen molar-refractivity contribution in [2.45, 2.75) is 6.43 Å². The number of ketones is 1. The summed E-state index contributed by atoms with van der Waals surface area (Å²) in [6.45, 7) is 0. The predicted octanol–water partition coefficient (Wildman–Crippen LogP) is 1.77. The van der Waals surface area contributed by atoms with Gasteiger partial charge in [-0.05, 0) is 6.07 Å². The first-order valence-corrected chi connectivity index (χ1v) is 3.63. The molecule has 0 amide bonds. The Labute approximate surface area is 77.5 Å². The van der Waals surface area contributed by atoms with Crippen LogP contribution in [0.15, 0.2) is 12.3 Å². The van der Waals surface area contributed by atoms with Gasteiger partial charge in [0.15, 0.2) is 0 Å². The second-order valence-corrected chi connectivity index (χ2v) is 2.69. The lowest BCUT2D eigenvalue weighted by molar-refractivity contribution is 0.0679. The number of pyridine rings is 1. The van der Waals surface area contributed by atoms with E-state index in [-0.39, 0.29) is 16.4 Å². The van der Waals surface area contributed by atoms with Crippen LogP contribution in [0.3, 0.4) is 0 Å². The molecule has 0 saturated heterocycles. The van der Waals surface area contributed by atoms with Crippen LogP contribution in [0.25, 0.3) is 0 Å². The van der Waals surface area contributed by atoms with Gasteiger partial charge in [0.1, 0.15) is 5.82 Å². The first-order chi connectivity index (χ1) is 6.02. The topological polar surface area (TPSA) is 56.0 Å². The third-order valence-corrected chi connectivity index (χ3v) is 1.56. The minimum atomic E-state index is -3.09. The average molecular weight is 207 g/mol. The average Bonchev–Trinajstić information content (AvgIpc) is 2.08. The van der Waals surface area contributed by atoms with Gasteiger partial charge in [-0.2, -0.15) is 0 Å². The number of aromatic nitrogens is 1. The summed E-state index contributed by atoms with van der Waals surface area (Å²) in [5.74, 6) is -1.61. The zero-order valence-corrected chi connectivity index (χ0v) is 7.05. The van der Waals surface area contributed by atoms with Crippen LogP contribution in [0.1, 0.15) is 10.4 Å². The number of carbonyl (C=O) groups is 1. The van der Waals surface area contributed by atoms with Crippen molar-refractivity contribution >= 4 is 23.2 Å². The largest absolute Gasteiger partial charge is 0.383 e. The highest BCUT2D eigenvalue weighted by Crippen LogP contribution is 2.17. The lowest BCUT2D eigenvalue weighted by atomic mass is 10.2. The molecular weight excluding hydrogens is 202 g/mol. The van der Waals surface area contributed by atoms with Gasteiger partial charge in [-0.1, -0.05) is 11.6 Å². The first kappa shape index (κ1) is 9.85. The Morgan fingerprint density at radius 3 is 2.77 bits per heavy atom. The van der Waals surface area contributed by atoms with Gasteiger partial charge in [0, 0.05) is 6.20 Å². The summed E-state index contributed by atoms with van der Waals surface area (Å²) in [4.78, 5) is 14.3. The molecule has 0 aliphatic heterocycles.